The second-order valence-electron chi connectivity index (χ2n) is 3.52. The number of rotatable bonds is 2. The highest BCUT2D eigenvalue weighted by molar-refractivity contribution is 6.52. The predicted octanol–water partition coefficient (Wildman–Crippen LogP) is 2.25. The van der Waals surface area contributed by atoms with Gasteiger partial charge in [0.05, 0.1) is 17.8 Å². The first kappa shape index (κ1) is 11.7. The highest BCUT2D eigenvalue weighted by atomic mass is 35.5. The molecule has 0 aliphatic carbocycles. The molecule has 0 atom stereocenters. The molecule has 0 bridgehead atoms. The lowest BCUT2D eigenvalue weighted by Gasteiger charge is -2.15. The second-order valence-corrected chi connectivity index (χ2v) is 4.06. The van der Waals surface area contributed by atoms with Gasteiger partial charge in [-0.15, -0.1) is 0 Å². The molecule has 1 heterocycles. The van der Waals surface area contributed by atoms with Crippen LogP contribution in [-0.2, 0) is 4.79 Å². The first-order valence-electron chi connectivity index (χ1n) is 4.60. The predicted molar refractivity (Wildman–Crippen MR) is 58.0 cm³/mol. The van der Waals surface area contributed by atoms with Gasteiger partial charge in [0.15, 0.2) is 5.82 Å². The Morgan fingerprint density at radius 2 is 2.00 bits per heavy atom. The number of fused-ring (bicyclic) bond motifs is 1. The van der Waals surface area contributed by atoms with E-state index >= 15 is 0 Å². The molecular formula is C11H6ClF2NO2. The number of Topliss-reactive ketones (excluding diaryl/α,β-unsaturated/α-hetero) is 1. The van der Waals surface area contributed by atoms with Crippen molar-refractivity contribution in [2.24, 2.45) is 0 Å². The van der Waals surface area contributed by atoms with E-state index in [1.54, 1.807) is 0 Å². The van der Waals surface area contributed by atoms with Crippen LogP contribution in [0.25, 0.3) is 0 Å². The number of amides is 1. The average Bonchev–Trinajstić information content (AvgIpc) is 2.43. The van der Waals surface area contributed by atoms with Crippen molar-refractivity contribution in [3.8, 4) is 0 Å². The van der Waals surface area contributed by atoms with Crippen LogP contribution in [0.15, 0.2) is 23.7 Å². The summed E-state index contributed by atoms with van der Waals surface area (Å²) in [6, 6.07) is 1.43. The number of ketones is 1. The highest BCUT2D eigenvalue weighted by Gasteiger charge is 2.38. The molecule has 1 aromatic rings. The van der Waals surface area contributed by atoms with Gasteiger partial charge in [-0.05, 0) is 6.07 Å². The number of carbonyl (C=O) groups excluding carboxylic acids is 2. The third-order valence-electron chi connectivity index (χ3n) is 2.31. The molecule has 3 nitrogen and oxygen atoms in total. The summed E-state index contributed by atoms with van der Waals surface area (Å²) < 4.78 is 26.5. The Labute approximate surface area is 100 Å². The Morgan fingerprint density at radius 3 is 2.59 bits per heavy atom. The van der Waals surface area contributed by atoms with Crippen molar-refractivity contribution in [3.63, 3.8) is 0 Å². The molecule has 1 aliphatic rings. The third-order valence-corrected chi connectivity index (χ3v) is 2.43. The first-order valence-corrected chi connectivity index (χ1v) is 4.98. The minimum Gasteiger partial charge on any atom is -0.297 e. The zero-order valence-electron chi connectivity index (χ0n) is 8.47. The maximum absolute atomic E-state index is 13.5. The molecule has 0 radical (unpaired) electrons. The van der Waals surface area contributed by atoms with E-state index in [2.05, 4.69) is 6.58 Å². The van der Waals surface area contributed by atoms with E-state index in [4.69, 9.17) is 11.6 Å². The number of anilines is 1. The maximum Gasteiger partial charge on any atom is 0.299 e. The van der Waals surface area contributed by atoms with Crippen LogP contribution in [0, 0.1) is 11.6 Å². The van der Waals surface area contributed by atoms with Crippen molar-refractivity contribution in [2.75, 3.05) is 11.4 Å². The number of halogens is 3. The van der Waals surface area contributed by atoms with Crippen molar-refractivity contribution in [3.05, 3.63) is 40.9 Å². The molecule has 1 aromatic carbocycles. The Bertz CT molecular complexity index is 557. The Balaban J connectivity index is 2.60. The molecule has 88 valence electrons. The fourth-order valence-corrected chi connectivity index (χ4v) is 1.79. The van der Waals surface area contributed by atoms with Crippen LogP contribution in [-0.4, -0.2) is 18.2 Å². The lowest BCUT2D eigenvalue weighted by molar-refractivity contribution is -0.114. The van der Waals surface area contributed by atoms with Crippen LogP contribution in [0.1, 0.15) is 10.4 Å². The molecule has 0 aromatic heterocycles. The van der Waals surface area contributed by atoms with Crippen LogP contribution in [0.2, 0.25) is 0 Å². The van der Waals surface area contributed by atoms with E-state index in [1.165, 1.54) is 0 Å². The molecule has 17 heavy (non-hydrogen) atoms. The van der Waals surface area contributed by atoms with Gasteiger partial charge >= 0.3 is 0 Å². The minimum atomic E-state index is -0.975. The van der Waals surface area contributed by atoms with Crippen LogP contribution in [0.3, 0.4) is 0 Å². The van der Waals surface area contributed by atoms with Gasteiger partial charge in [-0.3, -0.25) is 14.5 Å². The van der Waals surface area contributed by atoms with E-state index in [0.29, 0.717) is 6.07 Å². The second kappa shape index (κ2) is 3.92. The summed E-state index contributed by atoms with van der Waals surface area (Å²) >= 11 is 5.52. The van der Waals surface area contributed by atoms with Gasteiger partial charge in [0.1, 0.15) is 5.82 Å². The molecule has 0 spiro atoms. The van der Waals surface area contributed by atoms with Crippen molar-refractivity contribution in [2.45, 2.75) is 0 Å². The molecule has 6 heteroatoms. The van der Waals surface area contributed by atoms with Crippen molar-refractivity contribution in [1.82, 2.24) is 0 Å². The van der Waals surface area contributed by atoms with E-state index in [9.17, 15) is 18.4 Å². The van der Waals surface area contributed by atoms with Crippen LogP contribution < -0.4 is 4.90 Å². The summed E-state index contributed by atoms with van der Waals surface area (Å²) in [5.74, 6) is -3.77. The quantitative estimate of drug-likeness (QED) is 0.762. The summed E-state index contributed by atoms with van der Waals surface area (Å²) in [5.41, 5.74) is -0.534. The van der Waals surface area contributed by atoms with Gasteiger partial charge in [0.2, 0.25) is 0 Å². The number of benzene rings is 1. The fourth-order valence-electron chi connectivity index (χ4n) is 1.68. The smallest absolute Gasteiger partial charge is 0.297 e. The molecule has 1 aliphatic heterocycles. The summed E-state index contributed by atoms with van der Waals surface area (Å²) in [7, 11) is 0. The first-order chi connectivity index (χ1) is 7.91. The van der Waals surface area contributed by atoms with Crippen LogP contribution in [0.5, 0.6) is 0 Å². The normalized spacial score (nSPS) is 14.2. The molecule has 0 saturated carbocycles. The van der Waals surface area contributed by atoms with Gasteiger partial charge in [-0.2, -0.15) is 0 Å². The minimum absolute atomic E-state index is 0.0720. The van der Waals surface area contributed by atoms with E-state index in [1.807, 2.05) is 0 Å². The summed E-state index contributed by atoms with van der Waals surface area (Å²) in [6.07, 6.45) is 0. The van der Waals surface area contributed by atoms with Crippen molar-refractivity contribution in [1.29, 1.82) is 0 Å². The molecule has 0 unspecified atom stereocenters. The van der Waals surface area contributed by atoms with Gasteiger partial charge in [-0.25, -0.2) is 8.78 Å². The largest absolute Gasteiger partial charge is 0.299 e. The lowest BCUT2D eigenvalue weighted by atomic mass is 10.1. The van der Waals surface area contributed by atoms with Gasteiger partial charge in [0.25, 0.3) is 11.7 Å². The molecule has 0 N–H and O–H groups in total. The van der Waals surface area contributed by atoms with Gasteiger partial charge in [0, 0.05) is 11.1 Å². The topological polar surface area (TPSA) is 37.4 Å². The zero-order chi connectivity index (χ0) is 12.7. The number of hydrogen-bond donors (Lipinski definition) is 0. The standard InChI is InChI=1S/C11H6ClF2NO2/c1-5(12)4-15-9-7(10(16)11(15)17)2-6(13)3-8(9)14/h2-3H,1,4H2. The average molecular weight is 258 g/mol. The summed E-state index contributed by atoms with van der Waals surface area (Å²) in [6.45, 7) is 3.17. The lowest BCUT2D eigenvalue weighted by Crippen LogP contribution is -2.31. The zero-order valence-corrected chi connectivity index (χ0v) is 9.22. The molecule has 0 fully saturated rings. The fraction of sp³-hybridized carbons (Fsp3) is 0.0909. The monoisotopic (exact) mass is 257 g/mol. The Morgan fingerprint density at radius 1 is 1.35 bits per heavy atom. The molecule has 0 saturated heterocycles. The van der Waals surface area contributed by atoms with Crippen molar-refractivity contribution >= 4 is 29.0 Å². The number of carbonyl (C=O) groups is 2. The SMILES string of the molecule is C=C(Cl)CN1C(=O)C(=O)c2cc(F)cc(F)c21. The van der Waals surface area contributed by atoms with E-state index in [0.717, 1.165) is 11.0 Å². The van der Waals surface area contributed by atoms with Gasteiger partial charge in [-0.1, -0.05) is 18.2 Å². The number of nitrogens with zero attached hydrogens (tertiary/aromatic N) is 1. The third kappa shape index (κ3) is 1.82. The number of hydrogen-bond acceptors (Lipinski definition) is 2. The van der Waals surface area contributed by atoms with Crippen LogP contribution in [0.4, 0.5) is 14.5 Å². The molecular weight excluding hydrogens is 252 g/mol. The molecule has 1 amide bonds. The summed E-state index contributed by atoms with van der Waals surface area (Å²) in [4.78, 5) is 23.9. The maximum atomic E-state index is 13.5. The van der Waals surface area contributed by atoms with Crippen molar-refractivity contribution < 1.29 is 18.4 Å². The Hall–Kier alpha value is -1.75. The van der Waals surface area contributed by atoms with E-state index < -0.39 is 23.3 Å². The van der Waals surface area contributed by atoms with E-state index in [-0.39, 0.29) is 22.8 Å². The van der Waals surface area contributed by atoms with Gasteiger partial charge < -0.3 is 0 Å². The summed E-state index contributed by atoms with van der Waals surface area (Å²) in [5, 5.41) is 0.0720. The Kier molecular flexibility index (Phi) is 2.71. The molecule has 2 rings (SSSR count). The van der Waals surface area contributed by atoms with Crippen LogP contribution >= 0.6 is 11.6 Å². The highest BCUT2D eigenvalue weighted by Crippen LogP contribution is 2.33.